The van der Waals surface area contributed by atoms with E-state index in [0.29, 0.717) is 32.8 Å². The van der Waals surface area contributed by atoms with Crippen LogP contribution in [-0.2, 0) is 9.53 Å². The summed E-state index contributed by atoms with van der Waals surface area (Å²) in [7, 11) is 1.60. The molecule has 0 saturated heterocycles. The van der Waals surface area contributed by atoms with Gasteiger partial charge in [-0.25, -0.2) is 9.59 Å². The highest BCUT2D eigenvalue weighted by molar-refractivity contribution is 7.99. The number of hydrogen-bond donors (Lipinski definition) is 2. The van der Waals surface area contributed by atoms with Gasteiger partial charge in [0.2, 0.25) is 0 Å². The van der Waals surface area contributed by atoms with E-state index in [0.717, 1.165) is 5.69 Å². The molecule has 3 aromatic rings. The van der Waals surface area contributed by atoms with Gasteiger partial charge in [-0.2, -0.15) is 0 Å². The van der Waals surface area contributed by atoms with E-state index in [-0.39, 0.29) is 12.4 Å². The van der Waals surface area contributed by atoms with Gasteiger partial charge in [-0.1, -0.05) is 41.6 Å². The van der Waals surface area contributed by atoms with Crippen LogP contribution in [0.3, 0.4) is 0 Å². The normalized spacial score (nSPS) is 15.5. The number of ether oxygens (including phenoxy) is 2. The van der Waals surface area contributed by atoms with Crippen molar-refractivity contribution in [3.63, 3.8) is 0 Å². The predicted octanol–water partition coefficient (Wildman–Crippen LogP) is 3.89. The zero-order chi connectivity index (χ0) is 24.1. The Morgan fingerprint density at radius 3 is 2.76 bits per heavy atom. The molecule has 1 atom stereocenters. The van der Waals surface area contributed by atoms with Crippen molar-refractivity contribution in [1.29, 1.82) is 0 Å². The Balaban J connectivity index is 1.66. The molecule has 1 aliphatic heterocycles. The Hall–Kier alpha value is -3.50. The van der Waals surface area contributed by atoms with E-state index in [1.54, 1.807) is 49.2 Å². The van der Waals surface area contributed by atoms with E-state index in [1.807, 2.05) is 24.3 Å². The number of aromatic nitrogens is 3. The van der Waals surface area contributed by atoms with Crippen molar-refractivity contribution in [2.75, 3.05) is 19.5 Å². The third-order valence-corrected chi connectivity index (χ3v) is 6.27. The van der Waals surface area contributed by atoms with Crippen LogP contribution >= 0.6 is 23.4 Å². The van der Waals surface area contributed by atoms with Gasteiger partial charge in [0.25, 0.3) is 0 Å². The molecule has 0 bridgehead atoms. The molecule has 1 aromatic heterocycles. The monoisotopic (exact) mass is 499 g/mol. The Morgan fingerprint density at radius 1 is 1.24 bits per heavy atom. The van der Waals surface area contributed by atoms with Crippen LogP contribution in [0.1, 0.15) is 18.5 Å². The molecule has 0 fully saturated rings. The Kier molecular flexibility index (Phi) is 7.39. The third kappa shape index (κ3) is 5.18. The zero-order valence-electron chi connectivity index (χ0n) is 18.4. The summed E-state index contributed by atoms with van der Waals surface area (Å²) >= 11 is 7.35. The van der Waals surface area contributed by atoms with Gasteiger partial charge >= 0.3 is 12.0 Å². The smallest absolute Gasteiger partial charge is 0.338 e. The summed E-state index contributed by atoms with van der Waals surface area (Å²) in [4.78, 5) is 25.4. The molecule has 176 valence electrons. The van der Waals surface area contributed by atoms with Crippen molar-refractivity contribution >= 4 is 35.4 Å². The van der Waals surface area contributed by atoms with Crippen molar-refractivity contribution in [3.05, 3.63) is 76.7 Å². The number of rotatable bonds is 8. The third-order valence-electron chi connectivity index (χ3n) is 5.05. The van der Waals surface area contributed by atoms with Crippen LogP contribution in [0.4, 0.5) is 4.79 Å². The van der Waals surface area contributed by atoms with Gasteiger partial charge in [0.1, 0.15) is 12.1 Å². The largest absolute Gasteiger partial charge is 0.497 e. The Bertz CT molecular complexity index is 1230. The summed E-state index contributed by atoms with van der Waals surface area (Å²) in [5.41, 5.74) is 2.29. The van der Waals surface area contributed by atoms with Gasteiger partial charge in [-0.15, -0.1) is 10.2 Å². The molecule has 9 nitrogen and oxygen atoms in total. The average Bonchev–Trinajstić information content (AvgIpc) is 3.31. The minimum absolute atomic E-state index is 0.203. The predicted molar refractivity (Wildman–Crippen MR) is 128 cm³/mol. The molecule has 0 spiro atoms. The van der Waals surface area contributed by atoms with Crippen LogP contribution in [0.2, 0.25) is 5.02 Å². The summed E-state index contributed by atoms with van der Waals surface area (Å²) in [6.45, 7) is 1.93. The van der Waals surface area contributed by atoms with Crippen LogP contribution in [-0.4, -0.2) is 46.2 Å². The number of methoxy groups -OCH3 is 1. The van der Waals surface area contributed by atoms with Crippen LogP contribution in [0.5, 0.6) is 5.75 Å². The first-order chi connectivity index (χ1) is 16.5. The molecular formula is C23H22ClN5O4S. The number of hydrogen-bond acceptors (Lipinski definition) is 7. The quantitative estimate of drug-likeness (QED) is 0.357. The number of nitrogens with zero attached hydrogens (tertiary/aromatic N) is 3. The Morgan fingerprint density at radius 2 is 2.03 bits per heavy atom. The van der Waals surface area contributed by atoms with Crippen LogP contribution in [0.25, 0.3) is 5.69 Å². The molecule has 2 N–H and O–H groups in total. The number of amides is 2. The second-order valence-electron chi connectivity index (χ2n) is 7.17. The lowest BCUT2D eigenvalue weighted by atomic mass is 9.95. The number of esters is 1. The van der Waals surface area contributed by atoms with Crippen molar-refractivity contribution in [1.82, 2.24) is 25.4 Å². The molecule has 11 heteroatoms. The number of thioether (sulfide) groups is 1. The van der Waals surface area contributed by atoms with Crippen molar-refractivity contribution in [2.45, 2.75) is 18.1 Å². The molecule has 2 heterocycles. The fourth-order valence-corrected chi connectivity index (χ4v) is 4.51. The standard InChI is InChI=1S/C23H22ClN5O4S/c1-3-33-21(30)19-18(26-22(31)27-20(19)14-7-9-15(24)10-8-14)12-34-23-28-25-13-29(23)16-5-4-6-17(11-16)32-2/h4-11,13,20H,3,12H2,1-2H3,(H2,26,27,31). The van der Waals surface area contributed by atoms with E-state index in [1.165, 1.54) is 11.8 Å². The van der Waals surface area contributed by atoms with Crippen molar-refractivity contribution in [3.8, 4) is 11.4 Å². The number of nitrogens with one attached hydrogen (secondary N) is 2. The van der Waals surface area contributed by atoms with Gasteiger partial charge < -0.3 is 20.1 Å². The highest BCUT2D eigenvalue weighted by Gasteiger charge is 2.33. The van der Waals surface area contributed by atoms with Gasteiger partial charge in [0.05, 0.1) is 31.0 Å². The maximum atomic E-state index is 12.9. The molecule has 0 saturated carbocycles. The van der Waals surface area contributed by atoms with Crippen LogP contribution < -0.4 is 15.4 Å². The van der Waals surface area contributed by atoms with E-state index in [9.17, 15) is 9.59 Å². The molecule has 2 amide bonds. The average molecular weight is 500 g/mol. The highest BCUT2D eigenvalue weighted by Crippen LogP contribution is 2.31. The molecule has 2 aromatic carbocycles. The molecule has 34 heavy (non-hydrogen) atoms. The van der Waals surface area contributed by atoms with Crippen LogP contribution in [0, 0.1) is 0 Å². The topological polar surface area (TPSA) is 107 Å². The van der Waals surface area contributed by atoms with E-state index in [4.69, 9.17) is 21.1 Å². The number of benzene rings is 2. The van der Waals surface area contributed by atoms with E-state index >= 15 is 0 Å². The minimum Gasteiger partial charge on any atom is -0.497 e. The van der Waals surface area contributed by atoms with Gasteiger partial charge in [-0.3, -0.25) is 4.57 Å². The lowest BCUT2D eigenvalue weighted by Crippen LogP contribution is -2.46. The fourth-order valence-electron chi connectivity index (χ4n) is 3.48. The summed E-state index contributed by atoms with van der Waals surface area (Å²) in [6.07, 6.45) is 1.59. The van der Waals surface area contributed by atoms with Gasteiger partial charge in [0, 0.05) is 22.5 Å². The highest BCUT2D eigenvalue weighted by atomic mass is 35.5. The first-order valence-corrected chi connectivity index (χ1v) is 11.8. The molecule has 1 unspecified atom stereocenters. The second kappa shape index (κ2) is 10.6. The second-order valence-corrected chi connectivity index (χ2v) is 8.55. The number of carbonyl (C=O) groups excluding carboxylic acids is 2. The van der Waals surface area contributed by atoms with Crippen molar-refractivity contribution < 1.29 is 19.1 Å². The first-order valence-electron chi connectivity index (χ1n) is 10.4. The summed E-state index contributed by atoms with van der Waals surface area (Å²) < 4.78 is 12.4. The molecule has 0 aliphatic carbocycles. The maximum absolute atomic E-state index is 12.9. The van der Waals surface area contributed by atoms with Gasteiger partial charge in [-0.05, 0) is 36.8 Å². The maximum Gasteiger partial charge on any atom is 0.338 e. The molecule has 1 aliphatic rings. The zero-order valence-corrected chi connectivity index (χ0v) is 20.0. The number of halogens is 1. The fraction of sp³-hybridized carbons (Fsp3) is 0.217. The first kappa shape index (κ1) is 23.7. The molecule has 4 rings (SSSR count). The number of carbonyl (C=O) groups is 2. The number of urea groups is 1. The van der Waals surface area contributed by atoms with Gasteiger partial charge in [0.15, 0.2) is 5.16 Å². The van der Waals surface area contributed by atoms with Crippen LogP contribution in [0.15, 0.2) is 71.3 Å². The van der Waals surface area contributed by atoms with Crippen molar-refractivity contribution in [2.24, 2.45) is 0 Å². The summed E-state index contributed by atoms with van der Waals surface area (Å²) in [6, 6.07) is 13.3. The minimum atomic E-state index is -0.683. The lowest BCUT2D eigenvalue weighted by molar-refractivity contribution is -0.139. The molecule has 0 radical (unpaired) electrons. The summed E-state index contributed by atoms with van der Waals surface area (Å²) in [5, 5.41) is 14.9. The molecular weight excluding hydrogens is 478 g/mol. The van der Waals surface area contributed by atoms with E-state index in [2.05, 4.69) is 20.8 Å². The lowest BCUT2D eigenvalue weighted by Gasteiger charge is -2.29. The van der Waals surface area contributed by atoms with E-state index < -0.39 is 18.0 Å². The Labute approximate surface area is 205 Å². The summed E-state index contributed by atoms with van der Waals surface area (Å²) in [5.74, 6) is 0.444. The SMILES string of the molecule is CCOC(=O)C1=C(CSc2nncn2-c2cccc(OC)c2)NC(=O)NC1c1ccc(Cl)cc1.